The van der Waals surface area contributed by atoms with Crippen LogP contribution in [0.25, 0.3) is 0 Å². The maximum Gasteiger partial charge on any atom is 0.256 e. The first kappa shape index (κ1) is 15.9. The third-order valence-electron chi connectivity index (χ3n) is 3.44. The molecule has 0 spiro atoms. The number of nitrogens with zero attached hydrogens (tertiary/aromatic N) is 1. The van der Waals surface area contributed by atoms with Gasteiger partial charge in [-0.1, -0.05) is 6.07 Å². The van der Waals surface area contributed by atoms with E-state index in [9.17, 15) is 13.6 Å². The highest BCUT2D eigenvalue weighted by molar-refractivity contribution is 5.94. The molecule has 1 heterocycles. The first-order chi connectivity index (χ1) is 8.50. The zero-order valence-electron chi connectivity index (χ0n) is 10.6. The third-order valence-corrected chi connectivity index (χ3v) is 3.44. The van der Waals surface area contributed by atoms with Crippen molar-refractivity contribution in [2.24, 2.45) is 11.7 Å². The molecule has 1 aliphatic heterocycles. The maximum atomic E-state index is 13.5. The molecular weight excluding hydrogens is 274 g/mol. The van der Waals surface area contributed by atoms with Crippen LogP contribution in [0.5, 0.6) is 0 Å². The highest BCUT2D eigenvalue weighted by atomic mass is 35.5. The summed E-state index contributed by atoms with van der Waals surface area (Å²) in [6.45, 7) is 2.94. The molecule has 2 unspecified atom stereocenters. The van der Waals surface area contributed by atoms with Crippen molar-refractivity contribution in [1.82, 2.24) is 4.90 Å². The van der Waals surface area contributed by atoms with Crippen LogP contribution in [0.4, 0.5) is 8.78 Å². The minimum atomic E-state index is -1.08. The summed E-state index contributed by atoms with van der Waals surface area (Å²) in [6, 6.07) is 3.64. The van der Waals surface area contributed by atoms with Gasteiger partial charge in [0.1, 0.15) is 0 Å². The molecule has 0 saturated carbocycles. The van der Waals surface area contributed by atoms with E-state index in [1.807, 2.05) is 6.92 Å². The Labute approximate surface area is 117 Å². The fourth-order valence-electron chi connectivity index (χ4n) is 2.24. The van der Waals surface area contributed by atoms with Gasteiger partial charge >= 0.3 is 0 Å². The summed E-state index contributed by atoms with van der Waals surface area (Å²) >= 11 is 0. The zero-order chi connectivity index (χ0) is 13.3. The Kier molecular flexibility index (Phi) is 5.26. The Balaban J connectivity index is 0.00000180. The molecule has 2 N–H and O–H groups in total. The van der Waals surface area contributed by atoms with Crippen LogP contribution in [0.15, 0.2) is 18.2 Å². The number of carbonyl (C=O) groups excluding carboxylic acids is 1. The van der Waals surface area contributed by atoms with Gasteiger partial charge in [-0.2, -0.15) is 0 Å². The molecule has 2 rings (SSSR count). The lowest BCUT2D eigenvalue weighted by Gasteiger charge is -2.18. The molecule has 2 atom stereocenters. The van der Waals surface area contributed by atoms with Gasteiger partial charge in [-0.15, -0.1) is 12.4 Å². The quantitative estimate of drug-likeness (QED) is 0.907. The monoisotopic (exact) mass is 290 g/mol. The second-order valence-corrected chi connectivity index (χ2v) is 4.76. The van der Waals surface area contributed by atoms with Gasteiger partial charge in [0.2, 0.25) is 0 Å². The molecule has 0 aromatic heterocycles. The first-order valence-corrected chi connectivity index (χ1v) is 5.99. The Morgan fingerprint density at radius 1 is 1.47 bits per heavy atom. The van der Waals surface area contributed by atoms with Crippen molar-refractivity contribution >= 4 is 18.3 Å². The van der Waals surface area contributed by atoms with Crippen molar-refractivity contribution in [2.45, 2.75) is 19.4 Å². The molecule has 1 saturated heterocycles. The molecule has 0 aliphatic carbocycles. The number of likely N-dealkylation sites (tertiary alicyclic amines) is 1. The van der Waals surface area contributed by atoms with Crippen molar-refractivity contribution in [3.8, 4) is 0 Å². The number of hydrogen-bond donors (Lipinski definition) is 1. The van der Waals surface area contributed by atoms with Crippen LogP contribution in [-0.2, 0) is 0 Å². The zero-order valence-corrected chi connectivity index (χ0v) is 11.4. The molecule has 1 aliphatic rings. The molecule has 6 heteroatoms. The molecule has 0 radical (unpaired) electrons. The van der Waals surface area contributed by atoms with E-state index in [2.05, 4.69) is 0 Å². The Morgan fingerprint density at radius 2 is 2.16 bits per heavy atom. The van der Waals surface area contributed by atoms with Gasteiger partial charge in [-0.25, -0.2) is 8.78 Å². The Morgan fingerprint density at radius 3 is 2.74 bits per heavy atom. The average Bonchev–Trinajstić information content (AvgIpc) is 2.81. The maximum absolute atomic E-state index is 13.5. The number of halogens is 3. The topological polar surface area (TPSA) is 46.3 Å². The number of nitrogens with two attached hydrogens (primary N) is 1. The summed E-state index contributed by atoms with van der Waals surface area (Å²) in [7, 11) is 0. The predicted octanol–water partition coefficient (Wildman–Crippen LogP) is 2.20. The number of carbonyl (C=O) groups is 1. The minimum Gasteiger partial charge on any atom is -0.338 e. The SMILES string of the molecule is CC(N)C1CCN(C(=O)c2cccc(F)c2F)C1.Cl. The van der Waals surface area contributed by atoms with E-state index in [1.165, 1.54) is 17.0 Å². The lowest BCUT2D eigenvalue weighted by molar-refractivity contribution is 0.0780. The Bertz CT molecular complexity index is 468. The Hall–Kier alpha value is -1.20. The standard InChI is InChI=1S/C13H16F2N2O.ClH/c1-8(16)9-5-6-17(7-9)13(18)10-3-2-4-11(14)12(10)15;/h2-4,8-9H,5-7,16H2,1H3;1H. The van der Waals surface area contributed by atoms with E-state index >= 15 is 0 Å². The second-order valence-electron chi connectivity index (χ2n) is 4.76. The normalized spacial score (nSPS) is 20.0. The molecule has 3 nitrogen and oxygen atoms in total. The summed E-state index contributed by atoms with van der Waals surface area (Å²) in [5.41, 5.74) is 5.57. The molecule has 106 valence electrons. The molecule has 1 aromatic carbocycles. The van der Waals surface area contributed by atoms with Crippen molar-refractivity contribution in [1.29, 1.82) is 0 Å². The smallest absolute Gasteiger partial charge is 0.256 e. The summed E-state index contributed by atoms with van der Waals surface area (Å²) in [4.78, 5) is 13.6. The van der Waals surface area contributed by atoms with Crippen molar-refractivity contribution in [3.05, 3.63) is 35.4 Å². The number of rotatable bonds is 2. The van der Waals surface area contributed by atoms with Crippen LogP contribution in [0.1, 0.15) is 23.7 Å². The van der Waals surface area contributed by atoms with Crippen molar-refractivity contribution in [3.63, 3.8) is 0 Å². The van der Waals surface area contributed by atoms with Crippen LogP contribution in [0.3, 0.4) is 0 Å². The van der Waals surface area contributed by atoms with Crippen LogP contribution in [0, 0.1) is 17.6 Å². The van der Waals surface area contributed by atoms with Gasteiger partial charge < -0.3 is 10.6 Å². The van der Waals surface area contributed by atoms with E-state index < -0.39 is 17.5 Å². The van der Waals surface area contributed by atoms with E-state index in [0.717, 1.165) is 12.5 Å². The van der Waals surface area contributed by atoms with Gasteiger partial charge in [0.05, 0.1) is 5.56 Å². The summed E-state index contributed by atoms with van der Waals surface area (Å²) in [5, 5.41) is 0. The van der Waals surface area contributed by atoms with Crippen molar-refractivity contribution < 1.29 is 13.6 Å². The second kappa shape index (κ2) is 6.30. The van der Waals surface area contributed by atoms with E-state index in [4.69, 9.17) is 5.73 Å². The van der Waals surface area contributed by atoms with E-state index in [-0.39, 0.29) is 29.9 Å². The molecule has 19 heavy (non-hydrogen) atoms. The van der Waals surface area contributed by atoms with Crippen LogP contribution in [0.2, 0.25) is 0 Å². The molecular formula is C13H17ClF2N2O. The van der Waals surface area contributed by atoms with Gasteiger partial charge in [0, 0.05) is 19.1 Å². The summed E-state index contributed by atoms with van der Waals surface area (Å²) in [6.07, 6.45) is 0.806. The lowest BCUT2D eigenvalue weighted by Crippen LogP contribution is -2.33. The van der Waals surface area contributed by atoms with Gasteiger partial charge in [-0.05, 0) is 31.4 Å². The van der Waals surface area contributed by atoms with Gasteiger partial charge in [0.25, 0.3) is 5.91 Å². The summed E-state index contributed by atoms with van der Waals surface area (Å²) in [5.74, 6) is -2.31. The van der Waals surface area contributed by atoms with Gasteiger partial charge in [0.15, 0.2) is 11.6 Å². The van der Waals surface area contributed by atoms with E-state index in [1.54, 1.807) is 0 Å². The minimum absolute atomic E-state index is 0. The van der Waals surface area contributed by atoms with Gasteiger partial charge in [-0.3, -0.25) is 4.79 Å². The van der Waals surface area contributed by atoms with Crippen molar-refractivity contribution in [2.75, 3.05) is 13.1 Å². The largest absolute Gasteiger partial charge is 0.338 e. The van der Waals surface area contributed by atoms with E-state index in [0.29, 0.717) is 13.1 Å². The third kappa shape index (κ3) is 3.22. The number of benzene rings is 1. The average molecular weight is 291 g/mol. The fraction of sp³-hybridized carbons (Fsp3) is 0.462. The van der Waals surface area contributed by atoms with Crippen LogP contribution in [-0.4, -0.2) is 29.9 Å². The fourth-order valence-corrected chi connectivity index (χ4v) is 2.24. The first-order valence-electron chi connectivity index (χ1n) is 5.99. The number of amides is 1. The molecule has 1 fully saturated rings. The lowest BCUT2D eigenvalue weighted by atomic mass is 10.0. The highest BCUT2D eigenvalue weighted by Gasteiger charge is 2.30. The number of hydrogen-bond acceptors (Lipinski definition) is 2. The molecule has 1 amide bonds. The molecule has 0 bridgehead atoms. The predicted molar refractivity (Wildman–Crippen MR) is 71.3 cm³/mol. The van der Waals surface area contributed by atoms with Crippen LogP contribution >= 0.6 is 12.4 Å². The highest BCUT2D eigenvalue weighted by Crippen LogP contribution is 2.22. The summed E-state index contributed by atoms with van der Waals surface area (Å²) < 4.78 is 26.6. The molecule has 1 aromatic rings. The van der Waals surface area contributed by atoms with Crippen LogP contribution < -0.4 is 5.73 Å².